The summed E-state index contributed by atoms with van der Waals surface area (Å²) in [5.41, 5.74) is -0.567. The molecule has 0 spiro atoms. The second-order valence-corrected chi connectivity index (χ2v) is 3.42. The van der Waals surface area contributed by atoms with E-state index in [1.807, 2.05) is 20.8 Å². The second kappa shape index (κ2) is 6.79. The van der Waals surface area contributed by atoms with Gasteiger partial charge in [-0.2, -0.15) is 0 Å². The van der Waals surface area contributed by atoms with Crippen LogP contribution in [-0.2, 0) is 14.3 Å². The van der Waals surface area contributed by atoms with Gasteiger partial charge >= 0.3 is 5.97 Å². The lowest BCUT2D eigenvalue weighted by atomic mass is 9.99. The minimum absolute atomic E-state index is 0.0373. The van der Waals surface area contributed by atoms with Gasteiger partial charge < -0.3 is 14.6 Å². The molecule has 0 aromatic rings. The van der Waals surface area contributed by atoms with Crippen molar-refractivity contribution in [1.82, 2.24) is 0 Å². The number of carbonyl (C=O) groups is 1. The lowest BCUT2D eigenvalue weighted by Crippen LogP contribution is -2.32. The molecule has 14 heavy (non-hydrogen) atoms. The fraction of sp³-hybridized carbons (Fsp3) is 0.900. The van der Waals surface area contributed by atoms with E-state index in [-0.39, 0.29) is 6.42 Å². The topological polar surface area (TPSA) is 55.8 Å². The summed E-state index contributed by atoms with van der Waals surface area (Å²) < 4.78 is 10.6. The van der Waals surface area contributed by atoms with Crippen molar-refractivity contribution in [2.24, 2.45) is 0 Å². The summed E-state index contributed by atoms with van der Waals surface area (Å²) in [5, 5.41) is 8.67. The first-order valence-corrected chi connectivity index (χ1v) is 4.97. The largest absolute Gasteiger partial charge is 0.481 e. The first kappa shape index (κ1) is 13.4. The van der Waals surface area contributed by atoms with E-state index in [0.717, 1.165) is 0 Å². The Balaban J connectivity index is 3.80. The highest BCUT2D eigenvalue weighted by atomic mass is 16.5. The normalized spacial score (nSPS) is 15.1. The molecule has 0 amide bonds. The van der Waals surface area contributed by atoms with Crippen LogP contribution in [0.4, 0.5) is 0 Å². The standard InChI is InChI=1S/C10H20O4/c1-4-10(3,8-9(11)12)14-7-6-13-5-2/h4-8H2,1-3H3,(H,11,12)/t10-/m0/s1. The molecule has 1 atom stereocenters. The highest BCUT2D eigenvalue weighted by Crippen LogP contribution is 2.19. The molecular weight excluding hydrogens is 184 g/mol. The van der Waals surface area contributed by atoms with Crippen molar-refractivity contribution in [3.05, 3.63) is 0 Å². The van der Waals surface area contributed by atoms with Crippen LogP contribution in [0.25, 0.3) is 0 Å². The van der Waals surface area contributed by atoms with Crippen LogP contribution in [0.2, 0.25) is 0 Å². The van der Waals surface area contributed by atoms with E-state index in [1.165, 1.54) is 0 Å². The highest BCUT2D eigenvalue weighted by molar-refractivity contribution is 5.68. The van der Waals surface area contributed by atoms with Gasteiger partial charge in [-0.3, -0.25) is 4.79 Å². The molecule has 0 fully saturated rings. The Bertz CT molecular complexity index is 170. The third-order valence-electron chi connectivity index (χ3n) is 2.16. The van der Waals surface area contributed by atoms with Gasteiger partial charge in [0.15, 0.2) is 0 Å². The quantitative estimate of drug-likeness (QED) is 0.611. The van der Waals surface area contributed by atoms with Crippen LogP contribution < -0.4 is 0 Å². The van der Waals surface area contributed by atoms with E-state index in [4.69, 9.17) is 14.6 Å². The maximum Gasteiger partial charge on any atom is 0.306 e. The molecule has 0 saturated carbocycles. The van der Waals surface area contributed by atoms with Crippen molar-refractivity contribution in [2.45, 2.75) is 39.2 Å². The molecule has 0 rings (SSSR count). The highest BCUT2D eigenvalue weighted by Gasteiger charge is 2.25. The number of carboxylic acid groups (broad SMARTS) is 1. The first-order valence-electron chi connectivity index (χ1n) is 4.97. The Morgan fingerprint density at radius 2 is 2.00 bits per heavy atom. The fourth-order valence-corrected chi connectivity index (χ4v) is 1.09. The Hall–Kier alpha value is -0.610. The zero-order chi connectivity index (χ0) is 11.0. The zero-order valence-corrected chi connectivity index (χ0v) is 9.21. The Morgan fingerprint density at radius 1 is 1.36 bits per heavy atom. The zero-order valence-electron chi connectivity index (χ0n) is 9.21. The molecule has 84 valence electrons. The molecular formula is C10H20O4. The average molecular weight is 204 g/mol. The first-order chi connectivity index (χ1) is 6.54. The molecule has 0 aromatic carbocycles. The van der Waals surface area contributed by atoms with Gasteiger partial charge in [0.2, 0.25) is 0 Å². The van der Waals surface area contributed by atoms with Crippen LogP contribution in [-0.4, -0.2) is 36.5 Å². The Kier molecular flexibility index (Phi) is 6.49. The van der Waals surface area contributed by atoms with E-state index in [2.05, 4.69) is 0 Å². The van der Waals surface area contributed by atoms with Gasteiger partial charge in [-0.25, -0.2) is 0 Å². The van der Waals surface area contributed by atoms with E-state index in [1.54, 1.807) is 0 Å². The van der Waals surface area contributed by atoms with Crippen LogP contribution in [0, 0.1) is 0 Å². The van der Waals surface area contributed by atoms with Crippen molar-refractivity contribution < 1.29 is 19.4 Å². The van der Waals surface area contributed by atoms with Crippen molar-refractivity contribution in [2.75, 3.05) is 19.8 Å². The number of aliphatic carboxylic acids is 1. The molecule has 0 bridgehead atoms. The number of rotatable bonds is 8. The lowest BCUT2D eigenvalue weighted by molar-refractivity contribution is -0.146. The van der Waals surface area contributed by atoms with Crippen LogP contribution in [0.5, 0.6) is 0 Å². The van der Waals surface area contributed by atoms with Crippen LogP contribution in [0.15, 0.2) is 0 Å². The summed E-state index contributed by atoms with van der Waals surface area (Å²) in [6, 6.07) is 0. The predicted molar refractivity (Wildman–Crippen MR) is 53.4 cm³/mol. The van der Waals surface area contributed by atoms with Gasteiger partial charge in [-0.1, -0.05) is 6.92 Å². The fourth-order valence-electron chi connectivity index (χ4n) is 1.09. The molecule has 0 unspecified atom stereocenters. The third-order valence-corrected chi connectivity index (χ3v) is 2.16. The van der Waals surface area contributed by atoms with Crippen molar-refractivity contribution in [3.63, 3.8) is 0 Å². The summed E-state index contributed by atoms with van der Waals surface area (Å²) in [7, 11) is 0. The summed E-state index contributed by atoms with van der Waals surface area (Å²) >= 11 is 0. The van der Waals surface area contributed by atoms with Crippen LogP contribution in [0.3, 0.4) is 0 Å². The summed E-state index contributed by atoms with van der Waals surface area (Å²) in [6.45, 7) is 7.27. The van der Waals surface area contributed by atoms with Crippen molar-refractivity contribution >= 4 is 5.97 Å². The second-order valence-electron chi connectivity index (χ2n) is 3.42. The molecule has 4 heteroatoms. The lowest BCUT2D eigenvalue weighted by Gasteiger charge is -2.26. The molecule has 0 radical (unpaired) electrons. The third kappa shape index (κ3) is 5.94. The van der Waals surface area contributed by atoms with E-state index >= 15 is 0 Å². The number of carboxylic acids is 1. The van der Waals surface area contributed by atoms with Gasteiger partial charge in [0, 0.05) is 6.61 Å². The van der Waals surface area contributed by atoms with Crippen molar-refractivity contribution in [3.8, 4) is 0 Å². The van der Waals surface area contributed by atoms with Crippen LogP contribution in [0.1, 0.15) is 33.6 Å². The Morgan fingerprint density at radius 3 is 2.43 bits per heavy atom. The van der Waals surface area contributed by atoms with Gasteiger partial charge in [0.1, 0.15) is 0 Å². The van der Waals surface area contributed by atoms with E-state index in [9.17, 15) is 4.79 Å². The molecule has 1 N–H and O–H groups in total. The molecule has 0 aliphatic heterocycles. The molecule has 0 aromatic heterocycles. The summed E-state index contributed by atoms with van der Waals surface area (Å²) in [5.74, 6) is -0.828. The number of ether oxygens (including phenoxy) is 2. The molecule has 0 aliphatic rings. The minimum Gasteiger partial charge on any atom is -0.481 e. The minimum atomic E-state index is -0.828. The molecule has 0 heterocycles. The van der Waals surface area contributed by atoms with Gasteiger partial charge in [0.25, 0.3) is 0 Å². The predicted octanol–water partition coefficient (Wildman–Crippen LogP) is 1.68. The number of hydrogen-bond acceptors (Lipinski definition) is 3. The monoisotopic (exact) mass is 204 g/mol. The van der Waals surface area contributed by atoms with Crippen molar-refractivity contribution in [1.29, 1.82) is 0 Å². The number of hydrogen-bond donors (Lipinski definition) is 1. The van der Waals surface area contributed by atoms with Gasteiger partial charge in [0.05, 0.1) is 25.2 Å². The van der Waals surface area contributed by atoms with E-state index in [0.29, 0.717) is 26.2 Å². The maximum absolute atomic E-state index is 10.6. The van der Waals surface area contributed by atoms with Crippen LogP contribution >= 0.6 is 0 Å². The SMILES string of the molecule is CCOCCO[C@@](C)(CC)CC(=O)O. The van der Waals surface area contributed by atoms with Gasteiger partial charge in [-0.15, -0.1) is 0 Å². The summed E-state index contributed by atoms with van der Waals surface area (Å²) in [4.78, 5) is 10.6. The van der Waals surface area contributed by atoms with Gasteiger partial charge in [-0.05, 0) is 20.3 Å². The maximum atomic E-state index is 10.6. The molecule has 0 saturated heterocycles. The molecule has 4 nitrogen and oxygen atoms in total. The smallest absolute Gasteiger partial charge is 0.306 e. The Labute approximate surface area is 85.2 Å². The molecule has 0 aliphatic carbocycles. The van der Waals surface area contributed by atoms with E-state index < -0.39 is 11.6 Å². The average Bonchev–Trinajstić information content (AvgIpc) is 2.11. The summed E-state index contributed by atoms with van der Waals surface area (Å²) in [6.07, 6.45) is 0.723.